The van der Waals surface area contributed by atoms with Crippen LogP contribution in [0.1, 0.15) is 18.5 Å². The predicted octanol–water partition coefficient (Wildman–Crippen LogP) is 0.457. The first-order valence-electron chi connectivity index (χ1n) is 4.81. The summed E-state index contributed by atoms with van der Waals surface area (Å²) in [4.78, 5) is 27.5. The van der Waals surface area contributed by atoms with Crippen LogP contribution in [0.25, 0.3) is 0 Å². The molecule has 1 unspecified atom stereocenters. The Morgan fingerprint density at radius 3 is 2.69 bits per heavy atom. The van der Waals surface area contributed by atoms with Crippen LogP contribution in [0.2, 0.25) is 0 Å². The number of nitrogens with zero attached hydrogens (tertiary/aromatic N) is 2. The van der Waals surface area contributed by atoms with Gasteiger partial charge in [-0.15, -0.1) is 0 Å². The first kappa shape index (κ1) is 12.2. The van der Waals surface area contributed by atoms with E-state index in [2.05, 4.69) is 4.98 Å². The van der Waals surface area contributed by atoms with Gasteiger partial charge in [-0.05, 0) is 6.92 Å². The number of aliphatic carboxylic acids is 1. The molecule has 0 saturated heterocycles. The number of hydrogen-bond acceptors (Lipinski definition) is 4. The molecule has 1 atom stereocenters. The largest absolute Gasteiger partial charge is 0.480 e. The number of aromatic nitrogens is 1. The zero-order valence-electron chi connectivity index (χ0n) is 9.43. The summed E-state index contributed by atoms with van der Waals surface area (Å²) >= 11 is 0. The standard InChI is InChI=1S/C10H14N2O4/c1-6(10(14)15)12(3)9(13)4-8-5-16-7(2)11-8/h5-6H,4H2,1-3H3,(H,14,15). The lowest BCUT2D eigenvalue weighted by Gasteiger charge is -2.20. The van der Waals surface area contributed by atoms with Crippen molar-refractivity contribution in [3.05, 3.63) is 17.8 Å². The van der Waals surface area contributed by atoms with Gasteiger partial charge in [0.1, 0.15) is 12.3 Å². The minimum Gasteiger partial charge on any atom is -0.480 e. The minimum atomic E-state index is -1.04. The van der Waals surface area contributed by atoms with Crippen LogP contribution >= 0.6 is 0 Å². The number of carbonyl (C=O) groups excluding carboxylic acids is 1. The van der Waals surface area contributed by atoms with E-state index in [-0.39, 0.29) is 12.3 Å². The Labute approximate surface area is 92.9 Å². The van der Waals surface area contributed by atoms with Gasteiger partial charge in [-0.3, -0.25) is 4.79 Å². The summed E-state index contributed by atoms with van der Waals surface area (Å²) in [6.07, 6.45) is 1.44. The number of hydrogen-bond donors (Lipinski definition) is 1. The van der Waals surface area contributed by atoms with Crippen molar-refractivity contribution in [2.75, 3.05) is 7.05 Å². The topological polar surface area (TPSA) is 83.6 Å². The lowest BCUT2D eigenvalue weighted by atomic mass is 10.2. The fourth-order valence-corrected chi connectivity index (χ4v) is 1.15. The lowest BCUT2D eigenvalue weighted by Crippen LogP contribution is -2.41. The van der Waals surface area contributed by atoms with Gasteiger partial charge in [0, 0.05) is 14.0 Å². The molecule has 16 heavy (non-hydrogen) atoms. The Hall–Kier alpha value is -1.85. The van der Waals surface area contributed by atoms with E-state index in [9.17, 15) is 9.59 Å². The fraction of sp³-hybridized carbons (Fsp3) is 0.500. The van der Waals surface area contributed by atoms with Crippen LogP contribution in [-0.4, -0.2) is 40.0 Å². The summed E-state index contributed by atoms with van der Waals surface area (Å²) in [6.45, 7) is 3.13. The molecule has 0 aliphatic carbocycles. The molecule has 0 aliphatic heterocycles. The summed E-state index contributed by atoms with van der Waals surface area (Å²) in [5.74, 6) is -0.855. The van der Waals surface area contributed by atoms with Crippen molar-refractivity contribution in [1.29, 1.82) is 0 Å². The SMILES string of the molecule is Cc1nc(CC(=O)N(C)C(C)C(=O)O)co1. The quantitative estimate of drug-likeness (QED) is 0.806. The average molecular weight is 226 g/mol. The van der Waals surface area contributed by atoms with Gasteiger partial charge in [-0.25, -0.2) is 9.78 Å². The van der Waals surface area contributed by atoms with Crippen molar-refractivity contribution in [2.45, 2.75) is 26.3 Å². The normalized spacial score (nSPS) is 12.2. The van der Waals surface area contributed by atoms with Crippen LogP contribution in [0.3, 0.4) is 0 Å². The molecule has 1 aromatic rings. The molecule has 1 heterocycles. The van der Waals surface area contributed by atoms with E-state index in [0.717, 1.165) is 0 Å². The van der Waals surface area contributed by atoms with Gasteiger partial charge in [0.15, 0.2) is 5.89 Å². The molecule has 6 nitrogen and oxygen atoms in total. The number of carbonyl (C=O) groups is 2. The third-order valence-electron chi connectivity index (χ3n) is 2.33. The van der Waals surface area contributed by atoms with E-state index in [1.807, 2.05) is 0 Å². The van der Waals surface area contributed by atoms with Crippen LogP contribution in [0.5, 0.6) is 0 Å². The van der Waals surface area contributed by atoms with Gasteiger partial charge in [-0.1, -0.05) is 0 Å². The van der Waals surface area contributed by atoms with Crippen molar-refractivity contribution < 1.29 is 19.1 Å². The van der Waals surface area contributed by atoms with Crippen molar-refractivity contribution in [2.24, 2.45) is 0 Å². The molecule has 0 aliphatic rings. The van der Waals surface area contributed by atoms with Crippen molar-refractivity contribution in [1.82, 2.24) is 9.88 Å². The number of likely N-dealkylation sites (N-methyl/N-ethyl adjacent to an activating group) is 1. The second-order valence-electron chi connectivity index (χ2n) is 3.55. The first-order valence-corrected chi connectivity index (χ1v) is 4.81. The van der Waals surface area contributed by atoms with E-state index >= 15 is 0 Å². The molecule has 6 heteroatoms. The Kier molecular flexibility index (Phi) is 3.65. The van der Waals surface area contributed by atoms with Gasteiger partial charge < -0.3 is 14.4 Å². The molecule has 1 aromatic heterocycles. The smallest absolute Gasteiger partial charge is 0.326 e. The molecule has 1 rings (SSSR count). The molecule has 0 spiro atoms. The Bertz CT molecular complexity index is 399. The lowest BCUT2D eigenvalue weighted by molar-refractivity contribution is -0.148. The van der Waals surface area contributed by atoms with Crippen molar-refractivity contribution in [3.63, 3.8) is 0 Å². The molecule has 0 aromatic carbocycles. The number of carboxylic acid groups (broad SMARTS) is 1. The molecular weight excluding hydrogens is 212 g/mol. The highest BCUT2D eigenvalue weighted by atomic mass is 16.4. The predicted molar refractivity (Wildman–Crippen MR) is 54.8 cm³/mol. The molecule has 0 saturated carbocycles. The Morgan fingerprint density at radius 1 is 1.62 bits per heavy atom. The van der Waals surface area contributed by atoms with Gasteiger partial charge in [0.2, 0.25) is 5.91 Å². The van der Waals surface area contributed by atoms with Crippen LogP contribution in [0.4, 0.5) is 0 Å². The monoisotopic (exact) mass is 226 g/mol. The fourth-order valence-electron chi connectivity index (χ4n) is 1.15. The third kappa shape index (κ3) is 2.82. The van der Waals surface area contributed by atoms with E-state index < -0.39 is 12.0 Å². The van der Waals surface area contributed by atoms with E-state index in [1.165, 1.54) is 25.1 Å². The summed E-state index contributed by atoms with van der Waals surface area (Å²) in [7, 11) is 1.45. The Balaban J connectivity index is 2.62. The highest BCUT2D eigenvalue weighted by Crippen LogP contribution is 2.05. The maximum absolute atomic E-state index is 11.6. The molecule has 1 amide bonds. The Morgan fingerprint density at radius 2 is 2.25 bits per heavy atom. The van der Waals surface area contributed by atoms with E-state index in [0.29, 0.717) is 11.6 Å². The van der Waals surface area contributed by atoms with E-state index in [4.69, 9.17) is 9.52 Å². The van der Waals surface area contributed by atoms with Gasteiger partial charge in [0.25, 0.3) is 0 Å². The summed E-state index contributed by atoms with van der Waals surface area (Å²) < 4.78 is 4.95. The average Bonchev–Trinajstić information content (AvgIpc) is 2.61. The van der Waals surface area contributed by atoms with Crippen molar-refractivity contribution in [3.8, 4) is 0 Å². The molecular formula is C10H14N2O4. The summed E-state index contributed by atoms with van der Waals surface area (Å²) in [6, 6.07) is -0.847. The minimum absolute atomic E-state index is 0.0471. The zero-order chi connectivity index (χ0) is 12.3. The second-order valence-corrected chi connectivity index (χ2v) is 3.55. The molecule has 88 valence electrons. The van der Waals surface area contributed by atoms with Gasteiger partial charge in [0.05, 0.1) is 12.1 Å². The van der Waals surface area contributed by atoms with Crippen molar-refractivity contribution >= 4 is 11.9 Å². The third-order valence-corrected chi connectivity index (χ3v) is 2.33. The molecule has 0 fully saturated rings. The first-order chi connectivity index (χ1) is 7.41. The number of rotatable bonds is 4. The highest BCUT2D eigenvalue weighted by Gasteiger charge is 2.22. The van der Waals surface area contributed by atoms with Gasteiger partial charge in [-0.2, -0.15) is 0 Å². The number of carboxylic acids is 1. The molecule has 0 bridgehead atoms. The van der Waals surface area contributed by atoms with Crippen LogP contribution in [0.15, 0.2) is 10.7 Å². The van der Waals surface area contributed by atoms with Crippen LogP contribution < -0.4 is 0 Å². The summed E-state index contributed by atoms with van der Waals surface area (Å²) in [5.41, 5.74) is 0.506. The van der Waals surface area contributed by atoms with Crippen LogP contribution in [-0.2, 0) is 16.0 Å². The van der Waals surface area contributed by atoms with Crippen LogP contribution in [0, 0.1) is 6.92 Å². The van der Waals surface area contributed by atoms with Gasteiger partial charge >= 0.3 is 5.97 Å². The number of aryl methyl sites for hydroxylation is 1. The highest BCUT2D eigenvalue weighted by molar-refractivity contribution is 5.84. The number of amides is 1. The second kappa shape index (κ2) is 4.78. The maximum atomic E-state index is 11.6. The molecule has 0 radical (unpaired) electrons. The number of oxazole rings is 1. The van der Waals surface area contributed by atoms with E-state index in [1.54, 1.807) is 6.92 Å². The maximum Gasteiger partial charge on any atom is 0.326 e. The zero-order valence-corrected chi connectivity index (χ0v) is 9.43. The molecule has 1 N–H and O–H groups in total. The summed E-state index contributed by atoms with van der Waals surface area (Å²) in [5, 5.41) is 8.74.